The molecule has 2 aromatic rings. The molecule has 2 rings (SSSR count). The average Bonchev–Trinajstić information content (AvgIpc) is 2.80. The molecule has 0 saturated carbocycles. The van der Waals surface area contributed by atoms with Gasteiger partial charge in [-0.05, 0) is 36.1 Å². The molecule has 0 unspecified atom stereocenters. The number of nitrogens with zero attached hydrogens (tertiary/aromatic N) is 1. The lowest BCUT2D eigenvalue weighted by atomic mass is 10.1. The van der Waals surface area contributed by atoms with Crippen LogP contribution in [0.2, 0.25) is 0 Å². The highest BCUT2D eigenvalue weighted by atomic mass is 32.2. The second-order valence-corrected chi connectivity index (χ2v) is 8.40. The molecule has 0 aliphatic heterocycles. The monoisotopic (exact) mass is 442 g/mol. The fourth-order valence-corrected chi connectivity index (χ4v) is 4.14. The summed E-state index contributed by atoms with van der Waals surface area (Å²) in [4.78, 5) is 27.8. The van der Waals surface area contributed by atoms with Gasteiger partial charge in [0.15, 0.2) is 0 Å². The Morgan fingerprint density at radius 1 is 1.03 bits per heavy atom. The molecular formula is C25H34N2O3S. The number of carbonyl (C=O) groups excluding carboxylic acids is 2. The number of hydrogen-bond acceptors (Lipinski definition) is 4. The molecule has 0 bridgehead atoms. The molecule has 0 aromatic heterocycles. The van der Waals surface area contributed by atoms with Gasteiger partial charge in [-0.2, -0.15) is 0 Å². The van der Waals surface area contributed by atoms with E-state index in [2.05, 4.69) is 24.4 Å². The Labute approximate surface area is 190 Å². The van der Waals surface area contributed by atoms with Gasteiger partial charge in [0.25, 0.3) is 0 Å². The summed E-state index contributed by atoms with van der Waals surface area (Å²) in [7, 11) is 1.63. The van der Waals surface area contributed by atoms with Gasteiger partial charge in [0.1, 0.15) is 11.8 Å². The van der Waals surface area contributed by atoms with Gasteiger partial charge < -0.3 is 15.0 Å². The van der Waals surface area contributed by atoms with Crippen LogP contribution < -0.4 is 10.1 Å². The van der Waals surface area contributed by atoms with E-state index in [0.29, 0.717) is 25.3 Å². The SMILES string of the molecule is CCCCNC(=O)[C@H](CC)N(Cc1ccc(OC)cc1)C(=O)CSCc1ccccc1. The summed E-state index contributed by atoms with van der Waals surface area (Å²) in [5.74, 6) is 1.77. The Balaban J connectivity index is 2.10. The number of carbonyl (C=O) groups is 2. The van der Waals surface area contributed by atoms with E-state index in [1.165, 1.54) is 5.56 Å². The maximum Gasteiger partial charge on any atom is 0.242 e. The first-order chi connectivity index (χ1) is 15.1. The summed E-state index contributed by atoms with van der Waals surface area (Å²) < 4.78 is 5.23. The molecule has 0 radical (unpaired) electrons. The van der Waals surface area contributed by atoms with Gasteiger partial charge in [-0.1, -0.05) is 62.7 Å². The molecule has 5 nitrogen and oxygen atoms in total. The highest BCUT2D eigenvalue weighted by Gasteiger charge is 2.28. The van der Waals surface area contributed by atoms with Gasteiger partial charge in [0, 0.05) is 18.8 Å². The molecule has 1 atom stereocenters. The maximum atomic E-state index is 13.2. The molecule has 0 aliphatic rings. The van der Waals surface area contributed by atoms with Crippen LogP contribution in [-0.2, 0) is 21.9 Å². The van der Waals surface area contributed by atoms with Gasteiger partial charge in [0.05, 0.1) is 12.9 Å². The first-order valence-electron chi connectivity index (χ1n) is 10.9. The summed E-state index contributed by atoms with van der Waals surface area (Å²) in [5.41, 5.74) is 2.16. The number of benzene rings is 2. The third-order valence-electron chi connectivity index (χ3n) is 5.06. The second-order valence-electron chi connectivity index (χ2n) is 7.42. The second kappa shape index (κ2) is 13.8. The average molecular weight is 443 g/mol. The van der Waals surface area contributed by atoms with E-state index < -0.39 is 6.04 Å². The number of ether oxygens (including phenoxy) is 1. The van der Waals surface area contributed by atoms with Crippen molar-refractivity contribution in [2.45, 2.75) is 51.4 Å². The molecule has 2 aromatic carbocycles. The van der Waals surface area contributed by atoms with Crippen LogP contribution in [0.25, 0.3) is 0 Å². The minimum absolute atomic E-state index is 0.0192. The van der Waals surface area contributed by atoms with Crippen molar-refractivity contribution < 1.29 is 14.3 Å². The number of unbranched alkanes of at least 4 members (excludes halogenated alkanes) is 1. The predicted molar refractivity (Wildman–Crippen MR) is 128 cm³/mol. The Bertz CT molecular complexity index is 796. The summed E-state index contributed by atoms with van der Waals surface area (Å²) in [6.45, 7) is 5.08. The van der Waals surface area contributed by atoms with Crippen LogP contribution in [-0.4, -0.2) is 42.2 Å². The number of amides is 2. The minimum Gasteiger partial charge on any atom is -0.497 e. The van der Waals surface area contributed by atoms with Crippen LogP contribution in [0.15, 0.2) is 54.6 Å². The van der Waals surface area contributed by atoms with Crippen molar-refractivity contribution in [1.29, 1.82) is 0 Å². The van der Waals surface area contributed by atoms with Gasteiger partial charge in [-0.3, -0.25) is 9.59 Å². The van der Waals surface area contributed by atoms with Gasteiger partial charge in [-0.25, -0.2) is 0 Å². The Morgan fingerprint density at radius 3 is 2.35 bits per heavy atom. The van der Waals surface area contributed by atoms with Crippen LogP contribution in [0.1, 0.15) is 44.2 Å². The van der Waals surface area contributed by atoms with E-state index in [4.69, 9.17) is 4.74 Å². The molecule has 0 spiro atoms. The van der Waals surface area contributed by atoms with Crippen LogP contribution >= 0.6 is 11.8 Å². The van der Waals surface area contributed by atoms with E-state index in [-0.39, 0.29) is 11.8 Å². The Morgan fingerprint density at radius 2 is 1.74 bits per heavy atom. The fraction of sp³-hybridized carbons (Fsp3) is 0.440. The fourth-order valence-electron chi connectivity index (χ4n) is 3.27. The summed E-state index contributed by atoms with van der Waals surface area (Å²) in [6, 6.07) is 17.3. The van der Waals surface area contributed by atoms with Gasteiger partial charge in [0.2, 0.25) is 11.8 Å². The van der Waals surface area contributed by atoms with E-state index in [0.717, 1.165) is 29.9 Å². The normalized spacial score (nSPS) is 11.6. The zero-order valence-electron chi connectivity index (χ0n) is 18.8. The van der Waals surface area contributed by atoms with Crippen LogP contribution in [0.5, 0.6) is 5.75 Å². The first-order valence-corrected chi connectivity index (χ1v) is 12.1. The molecule has 0 aliphatic carbocycles. The van der Waals surface area contributed by atoms with Gasteiger partial charge in [-0.15, -0.1) is 11.8 Å². The van der Waals surface area contributed by atoms with Crippen LogP contribution in [0.4, 0.5) is 0 Å². The zero-order chi connectivity index (χ0) is 22.5. The molecule has 31 heavy (non-hydrogen) atoms. The zero-order valence-corrected chi connectivity index (χ0v) is 19.6. The van der Waals surface area contributed by atoms with Crippen LogP contribution in [0, 0.1) is 0 Å². The first kappa shape index (κ1) is 24.8. The van der Waals surface area contributed by atoms with Gasteiger partial charge >= 0.3 is 0 Å². The molecule has 168 valence electrons. The molecule has 1 N–H and O–H groups in total. The van der Waals surface area contributed by atoms with Crippen molar-refractivity contribution in [2.24, 2.45) is 0 Å². The molecule has 2 amide bonds. The lowest BCUT2D eigenvalue weighted by molar-refractivity contribution is -0.139. The standard InChI is InChI=1S/C25H34N2O3S/c1-4-6-16-26-25(29)23(5-2)27(17-20-12-14-22(30-3)15-13-20)24(28)19-31-18-21-10-8-7-9-11-21/h7-15,23H,4-6,16-19H2,1-3H3,(H,26,29)/t23-/m0/s1. The predicted octanol–water partition coefficient (Wildman–Crippen LogP) is 4.65. The van der Waals surface area contributed by atoms with E-state index >= 15 is 0 Å². The number of rotatable bonds is 13. The molecule has 6 heteroatoms. The quantitative estimate of drug-likeness (QED) is 0.459. The van der Waals surface area contributed by atoms with Crippen molar-refractivity contribution in [3.8, 4) is 5.75 Å². The highest BCUT2D eigenvalue weighted by Crippen LogP contribution is 2.19. The highest BCUT2D eigenvalue weighted by molar-refractivity contribution is 7.99. The van der Waals surface area contributed by atoms with E-state index in [1.807, 2.05) is 49.4 Å². The van der Waals surface area contributed by atoms with E-state index in [9.17, 15) is 9.59 Å². The minimum atomic E-state index is -0.483. The Kier molecular flexibility index (Phi) is 11.0. The molecule has 0 heterocycles. The molecular weight excluding hydrogens is 408 g/mol. The van der Waals surface area contributed by atoms with Crippen molar-refractivity contribution in [3.05, 3.63) is 65.7 Å². The third kappa shape index (κ3) is 8.29. The number of thioether (sulfide) groups is 1. The van der Waals surface area contributed by atoms with Crippen molar-refractivity contribution in [1.82, 2.24) is 10.2 Å². The topological polar surface area (TPSA) is 58.6 Å². The van der Waals surface area contributed by atoms with E-state index in [1.54, 1.807) is 23.8 Å². The lowest BCUT2D eigenvalue weighted by Gasteiger charge is -2.30. The van der Waals surface area contributed by atoms with Crippen LogP contribution in [0.3, 0.4) is 0 Å². The molecule has 0 fully saturated rings. The van der Waals surface area contributed by atoms with Crippen molar-refractivity contribution >= 4 is 23.6 Å². The number of methoxy groups -OCH3 is 1. The van der Waals surface area contributed by atoms with Crippen molar-refractivity contribution in [3.63, 3.8) is 0 Å². The lowest BCUT2D eigenvalue weighted by Crippen LogP contribution is -2.49. The largest absolute Gasteiger partial charge is 0.497 e. The summed E-state index contributed by atoms with van der Waals surface area (Å²) >= 11 is 1.58. The molecule has 0 saturated heterocycles. The number of nitrogens with one attached hydrogen (secondary N) is 1. The maximum absolute atomic E-state index is 13.2. The van der Waals surface area contributed by atoms with Crippen molar-refractivity contribution in [2.75, 3.05) is 19.4 Å². The third-order valence-corrected chi connectivity index (χ3v) is 6.05. The number of hydrogen-bond donors (Lipinski definition) is 1. The summed E-state index contributed by atoms with van der Waals surface area (Å²) in [5, 5.41) is 3.00. The summed E-state index contributed by atoms with van der Waals surface area (Å²) in [6.07, 6.45) is 2.52. The smallest absolute Gasteiger partial charge is 0.242 e. The Hall–Kier alpha value is -2.47.